The minimum absolute atomic E-state index is 0.0284. The van der Waals surface area contributed by atoms with Crippen LogP contribution in [0.1, 0.15) is 50.3 Å². The van der Waals surface area contributed by atoms with Gasteiger partial charge in [-0.25, -0.2) is 9.79 Å². The summed E-state index contributed by atoms with van der Waals surface area (Å²) >= 11 is 1.74. The molecule has 0 amide bonds. The van der Waals surface area contributed by atoms with Crippen molar-refractivity contribution in [3.8, 4) is 0 Å². The summed E-state index contributed by atoms with van der Waals surface area (Å²) in [5, 5.41) is 9.10. The van der Waals surface area contributed by atoms with Gasteiger partial charge in [-0.3, -0.25) is 9.59 Å². The normalized spacial score (nSPS) is 17.6. The third kappa shape index (κ3) is 6.51. The van der Waals surface area contributed by atoms with Crippen molar-refractivity contribution in [1.29, 1.82) is 0 Å². The molecule has 0 radical (unpaired) electrons. The van der Waals surface area contributed by atoms with Gasteiger partial charge in [0, 0.05) is 40.4 Å². The van der Waals surface area contributed by atoms with Gasteiger partial charge in [0.15, 0.2) is 12.9 Å². The average molecular weight is 473 g/mol. The van der Waals surface area contributed by atoms with E-state index in [4.69, 9.17) is 9.84 Å². The van der Waals surface area contributed by atoms with Gasteiger partial charge in [-0.05, 0) is 45.7 Å². The van der Waals surface area contributed by atoms with Crippen LogP contribution in [0.5, 0.6) is 0 Å². The number of hydrogen-bond donors (Lipinski definition) is 1. The molecule has 7 nitrogen and oxygen atoms in total. The Kier molecular flexibility index (Phi) is 8.93. The molecule has 1 aromatic heterocycles. The maximum absolute atomic E-state index is 13.0. The largest absolute Gasteiger partial charge is 0.479 e. The summed E-state index contributed by atoms with van der Waals surface area (Å²) in [5.41, 5.74) is 1.64. The number of thiophene rings is 1. The Hall–Kier alpha value is -3.00. The van der Waals surface area contributed by atoms with Crippen molar-refractivity contribution in [3.63, 3.8) is 0 Å². The predicted molar refractivity (Wildman–Crippen MR) is 130 cm³/mol. The smallest absolute Gasteiger partial charge is 0.341 e. The molecule has 1 unspecified atom stereocenters. The first-order valence-corrected chi connectivity index (χ1v) is 11.6. The average Bonchev–Trinajstić information content (AvgIpc) is 3.17. The van der Waals surface area contributed by atoms with Crippen LogP contribution in [0.4, 0.5) is 0 Å². The number of likely N-dealkylation sites (N-methyl/N-ethyl adjacent to an activating group) is 1. The molecule has 1 aliphatic rings. The van der Waals surface area contributed by atoms with Crippen molar-refractivity contribution < 1.29 is 24.2 Å². The van der Waals surface area contributed by atoms with Crippen LogP contribution in [-0.4, -0.2) is 47.6 Å². The molecule has 1 aromatic rings. The van der Waals surface area contributed by atoms with Gasteiger partial charge in [-0.2, -0.15) is 0 Å². The number of rotatable bonds is 10. The molecule has 1 N–H and O–H groups in total. The second-order valence-corrected chi connectivity index (χ2v) is 9.79. The molecule has 2 rings (SSSR count). The number of carboxylic acids is 1. The highest BCUT2D eigenvalue weighted by Crippen LogP contribution is 2.42. The quantitative estimate of drug-likeness (QED) is 0.230. The van der Waals surface area contributed by atoms with E-state index in [-0.39, 0.29) is 11.5 Å². The molecule has 0 spiro atoms. The number of aliphatic imine (C=N–C) groups is 1. The van der Waals surface area contributed by atoms with Crippen LogP contribution in [-0.2, 0) is 25.5 Å². The second-order valence-electron chi connectivity index (χ2n) is 8.41. The summed E-state index contributed by atoms with van der Waals surface area (Å²) < 4.78 is 5.47. The predicted octanol–water partition coefficient (Wildman–Crippen LogP) is 4.68. The lowest BCUT2D eigenvalue weighted by Gasteiger charge is -2.36. The minimum Gasteiger partial charge on any atom is -0.479 e. The van der Waals surface area contributed by atoms with Gasteiger partial charge >= 0.3 is 5.97 Å². The van der Waals surface area contributed by atoms with E-state index >= 15 is 0 Å². The monoisotopic (exact) mass is 472 g/mol. The van der Waals surface area contributed by atoms with Crippen LogP contribution < -0.4 is 0 Å². The van der Waals surface area contributed by atoms with E-state index in [1.807, 2.05) is 20.8 Å². The molecule has 2 heterocycles. The molecule has 0 saturated heterocycles. The standard InChI is InChI=1S/C25H32N2O5S/c1-7-18(11-19-10-9-17(4)33-19)12-25(5,8-2)22(20(29)14-28)23-24(32-15-21(30)31)26-16(3)13-27(23)6/h7,9-10,13-14H,8,11-12,15H2,1-6H3,(H,30,31)/b18-7+,23-22-. The molecule has 0 bridgehead atoms. The summed E-state index contributed by atoms with van der Waals surface area (Å²) in [6.07, 6.45) is 5.98. The van der Waals surface area contributed by atoms with E-state index in [1.54, 1.807) is 36.4 Å². The number of aliphatic carboxylic acids is 1. The van der Waals surface area contributed by atoms with Crippen LogP contribution in [0.25, 0.3) is 0 Å². The molecular formula is C25H32N2O5S. The Bertz CT molecular complexity index is 1050. The first kappa shape index (κ1) is 26.3. The van der Waals surface area contributed by atoms with E-state index in [0.717, 1.165) is 12.0 Å². The molecule has 0 saturated carbocycles. The van der Waals surface area contributed by atoms with Crippen molar-refractivity contribution in [2.24, 2.45) is 10.4 Å². The van der Waals surface area contributed by atoms with Gasteiger partial charge in [0.25, 0.3) is 0 Å². The van der Waals surface area contributed by atoms with Crippen molar-refractivity contribution in [2.45, 2.75) is 53.9 Å². The molecule has 0 fully saturated rings. The first-order valence-electron chi connectivity index (χ1n) is 10.8. The number of Topliss-reactive ketones (excluding diaryl/α,β-unsaturated/α-hetero) is 1. The fourth-order valence-electron chi connectivity index (χ4n) is 3.97. The van der Waals surface area contributed by atoms with E-state index in [9.17, 15) is 14.4 Å². The van der Waals surface area contributed by atoms with Crippen LogP contribution in [0.15, 0.2) is 51.9 Å². The lowest BCUT2D eigenvalue weighted by atomic mass is 9.71. The molecule has 0 aliphatic carbocycles. The number of carboxylic acid groups (broad SMARTS) is 1. The molecule has 8 heteroatoms. The Balaban J connectivity index is 2.59. The Morgan fingerprint density at radius 3 is 2.52 bits per heavy atom. The Morgan fingerprint density at radius 2 is 2.00 bits per heavy atom. The lowest BCUT2D eigenvalue weighted by Crippen LogP contribution is -2.36. The van der Waals surface area contributed by atoms with Gasteiger partial charge in [0.2, 0.25) is 11.7 Å². The summed E-state index contributed by atoms with van der Waals surface area (Å²) in [6, 6.07) is 4.19. The summed E-state index contributed by atoms with van der Waals surface area (Å²) in [5.74, 6) is -1.79. The molecule has 0 aromatic carbocycles. The topological polar surface area (TPSA) is 96.3 Å². The third-order valence-corrected chi connectivity index (χ3v) is 6.74. The summed E-state index contributed by atoms with van der Waals surface area (Å²) in [6.45, 7) is 9.11. The number of hydrogen-bond acceptors (Lipinski definition) is 7. The molecule has 1 atom stereocenters. The van der Waals surface area contributed by atoms with Crippen molar-refractivity contribution in [3.05, 3.63) is 56.7 Å². The lowest BCUT2D eigenvalue weighted by molar-refractivity contribution is -0.139. The SMILES string of the molecule is C/C=C(\Cc1ccc(C)s1)CC(C)(CC)/C(C(=O)C=O)=C1/C(OCC(=O)O)=NC(C)=CN1C. The maximum Gasteiger partial charge on any atom is 0.341 e. The number of carbonyl (C=O) groups excluding carboxylic acids is 2. The number of nitrogens with zero attached hydrogens (tertiary/aromatic N) is 2. The highest BCUT2D eigenvalue weighted by atomic mass is 32.1. The summed E-state index contributed by atoms with van der Waals surface area (Å²) in [4.78, 5) is 44.4. The Morgan fingerprint density at radius 1 is 1.30 bits per heavy atom. The number of ketones is 1. The van der Waals surface area contributed by atoms with Crippen molar-refractivity contribution in [1.82, 2.24) is 4.90 Å². The van der Waals surface area contributed by atoms with E-state index in [2.05, 4.69) is 30.1 Å². The van der Waals surface area contributed by atoms with Crippen molar-refractivity contribution in [2.75, 3.05) is 13.7 Å². The number of ether oxygens (including phenoxy) is 1. The van der Waals surface area contributed by atoms with Gasteiger partial charge < -0.3 is 14.7 Å². The first-order chi connectivity index (χ1) is 15.5. The van der Waals surface area contributed by atoms with Gasteiger partial charge in [-0.15, -0.1) is 11.3 Å². The maximum atomic E-state index is 13.0. The van der Waals surface area contributed by atoms with Crippen LogP contribution >= 0.6 is 11.3 Å². The van der Waals surface area contributed by atoms with Crippen LogP contribution in [0.3, 0.4) is 0 Å². The van der Waals surface area contributed by atoms with Crippen molar-refractivity contribution >= 4 is 35.3 Å². The minimum atomic E-state index is -1.16. The Labute approximate surface area is 199 Å². The molecule has 1 aliphatic heterocycles. The molecular weight excluding hydrogens is 440 g/mol. The van der Waals surface area contributed by atoms with E-state index in [1.165, 1.54) is 9.75 Å². The van der Waals surface area contributed by atoms with Crippen LogP contribution in [0, 0.1) is 12.3 Å². The molecule has 33 heavy (non-hydrogen) atoms. The number of allylic oxidation sites excluding steroid dienone is 4. The fraction of sp³-hybridized carbons (Fsp3) is 0.440. The highest BCUT2D eigenvalue weighted by molar-refractivity contribution is 7.11. The van der Waals surface area contributed by atoms with Gasteiger partial charge in [-0.1, -0.05) is 25.5 Å². The zero-order chi connectivity index (χ0) is 24.8. The third-order valence-electron chi connectivity index (χ3n) is 5.74. The van der Waals surface area contributed by atoms with Crippen LogP contribution in [0.2, 0.25) is 0 Å². The zero-order valence-electron chi connectivity index (χ0n) is 20.1. The van der Waals surface area contributed by atoms with E-state index in [0.29, 0.717) is 30.5 Å². The number of carbonyl (C=O) groups is 3. The summed E-state index contributed by atoms with van der Waals surface area (Å²) in [7, 11) is 1.73. The number of aldehydes is 1. The second kappa shape index (κ2) is 11.2. The number of aryl methyl sites for hydroxylation is 1. The zero-order valence-corrected chi connectivity index (χ0v) is 20.9. The van der Waals surface area contributed by atoms with Gasteiger partial charge in [0.1, 0.15) is 5.70 Å². The highest BCUT2D eigenvalue weighted by Gasteiger charge is 2.38. The fourth-order valence-corrected chi connectivity index (χ4v) is 4.92. The van der Waals surface area contributed by atoms with Gasteiger partial charge in [0.05, 0.1) is 5.70 Å². The van der Waals surface area contributed by atoms with E-state index < -0.39 is 23.8 Å². The molecule has 178 valence electrons.